The molecule has 26 heavy (non-hydrogen) atoms. The van der Waals surface area contributed by atoms with E-state index in [4.69, 9.17) is 9.47 Å². The fraction of sp³-hybridized carbons (Fsp3) is 0.263. The number of rotatable bonds is 8. The van der Waals surface area contributed by atoms with Gasteiger partial charge in [-0.05, 0) is 18.1 Å². The van der Waals surface area contributed by atoms with Crippen LogP contribution in [-0.2, 0) is 10.5 Å². The lowest BCUT2D eigenvalue weighted by Crippen LogP contribution is -2.17. The molecular weight excluding hydrogens is 354 g/mol. The highest BCUT2D eigenvalue weighted by Crippen LogP contribution is 2.33. The Kier molecular flexibility index (Phi) is 6.91. The van der Waals surface area contributed by atoms with Crippen LogP contribution in [-0.4, -0.2) is 37.0 Å². The molecule has 138 valence electrons. The predicted octanol–water partition coefficient (Wildman–Crippen LogP) is 3.58. The van der Waals surface area contributed by atoms with Gasteiger partial charge in [0.05, 0.1) is 31.2 Å². The summed E-state index contributed by atoms with van der Waals surface area (Å²) < 4.78 is 10.3. The van der Waals surface area contributed by atoms with Crippen LogP contribution in [0.4, 0.5) is 5.69 Å². The van der Waals surface area contributed by atoms with Gasteiger partial charge in [-0.15, -0.1) is 11.8 Å². The van der Waals surface area contributed by atoms with Crippen LogP contribution in [0.2, 0.25) is 0 Å². The van der Waals surface area contributed by atoms with Gasteiger partial charge in [0.25, 0.3) is 0 Å². The van der Waals surface area contributed by atoms with Crippen molar-refractivity contribution in [2.45, 2.75) is 12.7 Å². The van der Waals surface area contributed by atoms with Crippen LogP contribution >= 0.6 is 11.8 Å². The molecule has 2 rings (SSSR count). The van der Waals surface area contributed by atoms with E-state index in [1.165, 1.54) is 49.2 Å². The zero-order chi connectivity index (χ0) is 19.1. The number of ether oxygens (including phenoxy) is 2. The Morgan fingerprint density at radius 3 is 2.38 bits per heavy atom. The third kappa shape index (κ3) is 4.92. The number of anilines is 1. The van der Waals surface area contributed by atoms with Crippen molar-refractivity contribution in [1.29, 1.82) is 0 Å². The predicted molar refractivity (Wildman–Crippen MR) is 102 cm³/mol. The maximum Gasteiger partial charge on any atom is 0.337 e. The highest BCUT2D eigenvalue weighted by atomic mass is 32.2. The lowest BCUT2D eigenvalue weighted by Gasteiger charge is -2.13. The summed E-state index contributed by atoms with van der Waals surface area (Å²) in [5.41, 5.74) is 2.47. The summed E-state index contributed by atoms with van der Waals surface area (Å²) in [7, 11) is 2.87. The van der Waals surface area contributed by atoms with E-state index in [1.807, 2.05) is 31.2 Å². The summed E-state index contributed by atoms with van der Waals surface area (Å²) in [5, 5.41) is 12.0. The first-order valence-corrected chi connectivity index (χ1v) is 9.03. The third-order valence-corrected chi connectivity index (χ3v) is 4.76. The number of methoxy groups -OCH3 is 2. The number of amides is 1. The van der Waals surface area contributed by atoms with Crippen LogP contribution in [0.1, 0.15) is 21.5 Å². The Balaban J connectivity index is 2.05. The van der Waals surface area contributed by atoms with E-state index in [9.17, 15) is 14.7 Å². The molecule has 0 aromatic heterocycles. The zero-order valence-electron chi connectivity index (χ0n) is 14.9. The minimum absolute atomic E-state index is 0.0556. The molecule has 0 fully saturated rings. The number of carbonyl (C=O) groups is 2. The van der Waals surface area contributed by atoms with Gasteiger partial charge in [0.15, 0.2) is 11.5 Å². The van der Waals surface area contributed by atoms with Gasteiger partial charge in [0.2, 0.25) is 5.91 Å². The molecule has 0 unspecified atom stereocenters. The number of carbonyl (C=O) groups excluding carboxylic acids is 1. The quantitative estimate of drug-likeness (QED) is 0.734. The fourth-order valence-electron chi connectivity index (χ4n) is 2.37. The minimum Gasteiger partial charge on any atom is -0.493 e. The Hall–Kier alpha value is -2.67. The molecule has 0 aliphatic carbocycles. The second-order valence-corrected chi connectivity index (χ2v) is 6.51. The molecule has 0 spiro atoms. The van der Waals surface area contributed by atoms with E-state index in [0.29, 0.717) is 11.5 Å². The average molecular weight is 375 g/mol. The Morgan fingerprint density at radius 2 is 1.77 bits per heavy atom. The molecule has 2 aromatic carbocycles. The zero-order valence-corrected chi connectivity index (χ0v) is 15.7. The summed E-state index contributed by atoms with van der Waals surface area (Å²) in [5.74, 6) is 0.115. The first-order valence-electron chi connectivity index (χ1n) is 7.87. The number of aromatic carboxylic acids is 1. The molecule has 0 saturated carbocycles. The maximum atomic E-state index is 12.2. The van der Waals surface area contributed by atoms with Gasteiger partial charge < -0.3 is 19.9 Å². The SMILES string of the molecule is COc1cc(NC(=O)CSCc2ccccc2C)c(C(=O)O)cc1OC. The molecule has 2 aromatic rings. The number of hydrogen-bond donors (Lipinski definition) is 2. The number of carboxylic acid groups (broad SMARTS) is 1. The van der Waals surface area contributed by atoms with Crippen LogP contribution in [0.25, 0.3) is 0 Å². The first-order chi connectivity index (χ1) is 12.5. The largest absolute Gasteiger partial charge is 0.493 e. The molecule has 6 nitrogen and oxygen atoms in total. The number of benzene rings is 2. The van der Waals surface area contributed by atoms with Gasteiger partial charge in [-0.25, -0.2) is 4.79 Å². The van der Waals surface area contributed by atoms with Crippen LogP contribution in [0, 0.1) is 6.92 Å². The third-order valence-electron chi connectivity index (χ3n) is 3.78. The van der Waals surface area contributed by atoms with Gasteiger partial charge in [0.1, 0.15) is 0 Å². The van der Waals surface area contributed by atoms with Crippen molar-refractivity contribution < 1.29 is 24.2 Å². The summed E-state index contributed by atoms with van der Waals surface area (Å²) in [4.78, 5) is 23.7. The normalized spacial score (nSPS) is 10.3. The van der Waals surface area contributed by atoms with E-state index < -0.39 is 5.97 Å². The Labute approximate surface area is 156 Å². The van der Waals surface area contributed by atoms with Gasteiger partial charge in [-0.1, -0.05) is 24.3 Å². The van der Waals surface area contributed by atoms with Gasteiger partial charge in [0, 0.05) is 17.9 Å². The van der Waals surface area contributed by atoms with E-state index in [-0.39, 0.29) is 28.7 Å². The Morgan fingerprint density at radius 1 is 1.12 bits per heavy atom. The maximum absolute atomic E-state index is 12.2. The smallest absolute Gasteiger partial charge is 0.337 e. The second-order valence-electron chi connectivity index (χ2n) is 5.53. The van der Waals surface area contributed by atoms with Crippen LogP contribution in [0.3, 0.4) is 0 Å². The number of nitrogens with one attached hydrogen (secondary N) is 1. The van der Waals surface area contributed by atoms with Crippen molar-refractivity contribution in [2.75, 3.05) is 25.3 Å². The molecule has 2 N–H and O–H groups in total. The molecule has 0 bridgehead atoms. The lowest BCUT2D eigenvalue weighted by molar-refractivity contribution is -0.113. The van der Waals surface area contributed by atoms with E-state index in [2.05, 4.69) is 5.32 Å². The van der Waals surface area contributed by atoms with E-state index >= 15 is 0 Å². The van der Waals surface area contributed by atoms with Crippen molar-refractivity contribution in [2.24, 2.45) is 0 Å². The summed E-state index contributed by atoms with van der Waals surface area (Å²) in [6, 6.07) is 10.8. The van der Waals surface area contributed by atoms with Crippen molar-refractivity contribution in [3.63, 3.8) is 0 Å². The lowest BCUT2D eigenvalue weighted by atomic mass is 10.1. The molecule has 0 saturated heterocycles. The minimum atomic E-state index is -1.16. The topological polar surface area (TPSA) is 84.9 Å². The molecule has 0 atom stereocenters. The molecule has 7 heteroatoms. The number of thioether (sulfide) groups is 1. The number of hydrogen-bond acceptors (Lipinski definition) is 5. The van der Waals surface area contributed by atoms with Gasteiger partial charge in [-0.2, -0.15) is 0 Å². The van der Waals surface area contributed by atoms with Crippen LogP contribution < -0.4 is 14.8 Å². The van der Waals surface area contributed by atoms with Crippen molar-refractivity contribution in [3.8, 4) is 11.5 Å². The summed E-state index contributed by atoms with van der Waals surface area (Å²) in [6.45, 7) is 2.03. The molecular formula is C19H21NO5S. The fourth-order valence-corrected chi connectivity index (χ4v) is 3.27. The van der Waals surface area contributed by atoms with Crippen LogP contribution in [0.15, 0.2) is 36.4 Å². The summed E-state index contributed by atoms with van der Waals surface area (Å²) >= 11 is 1.46. The molecule has 0 aliphatic rings. The van der Waals surface area contributed by atoms with Crippen molar-refractivity contribution in [3.05, 3.63) is 53.1 Å². The van der Waals surface area contributed by atoms with Crippen molar-refractivity contribution >= 4 is 29.3 Å². The average Bonchev–Trinajstić information content (AvgIpc) is 2.62. The monoisotopic (exact) mass is 375 g/mol. The molecule has 0 aliphatic heterocycles. The standard InChI is InChI=1S/C19H21NO5S/c1-12-6-4-5-7-13(12)10-26-11-18(21)20-15-9-17(25-3)16(24-2)8-14(15)19(22)23/h4-9H,10-11H2,1-3H3,(H,20,21)(H,22,23). The Bertz CT molecular complexity index is 807. The number of aryl methyl sites for hydroxylation is 1. The molecule has 0 radical (unpaired) electrons. The molecule has 0 heterocycles. The second kappa shape index (κ2) is 9.15. The molecule has 1 amide bonds. The number of carboxylic acids is 1. The highest BCUT2D eigenvalue weighted by molar-refractivity contribution is 7.99. The van der Waals surface area contributed by atoms with Gasteiger partial charge >= 0.3 is 5.97 Å². The first kappa shape index (κ1) is 19.7. The highest BCUT2D eigenvalue weighted by Gasteiger charge is 2.18. The van der Waals surface area contributed by atoms with Gasteiger partial charge in [-0.3, -0.25) is 4.79 Å². The van der Waals surface area contributed by atoms with Crippen LogP contribution in [0.5, 0.6) is 11.5 Å². The summed E-state index contributed by atoms with van der Waals surface area (Å²) in [6.07, 6.45) is 0. The van der Waals surface area contributed by atoms with Crippen molar-refractivity contribution in [1.82, 2.24) is 0 Å². The van der Waals surface area contributed by atoms with E-state index in [1.54, 1.807) is 0 Å². The van der Waals surface area contributed by atoms with E-state index in [0.717, 1.165) is 0 Å².